The average molecular weight is 659 g/mol. The summed E-state index contributed by atoms with van der Waals surface area (Å²) < 4.78 is 9.34. The molecule has 3 nitrogen and oxygen atoms in total. The SMILES string of the molecule is c1ccc(-c2ccccc2N(c2ccc3c(c2)Oc2ccccc2N3c2ccc3c(c2)sc2ccccc23)c2cccc3ccccc23)cc1. The Kier molecular flexibility index (Phi) is 6.68. The fourth-order valence-electron chi connectivity index (χ4n) is 7.36. The van der Waals surface area contributed by atoms with E-state index in [1.807, 2.05) is 17.4 Å². The van der Waals surface area contributed by atoms with Crippen LogP contribution in [0, 0.1) is 0 Å². The Bertz CT molecular complexity index is 2710. The van der Waals surface area contributed by atoms with Crippen molar-refractivity contribution in [2.24, 2.45) is 0 Å². The zero-order valence-corrected chi connectivity index (χ0v) is 27.8. The van der Waals surface area contributed by atoms with Gasteiger partial charge in [0, 0.05) is 42.9 Å². The van der Waals surface area contributed by atoms with Crippen molar-refractivity contribution in [3.63, 3.8) is 0 Å². The third-order valence-electron chi connectivity index (χ3n) is 9.63. The van der Waals surface area contributed by atoms with Gasteiger partial charge in [-0.3, -0.25) is 0 Å². The maximum Gasteiger partial charge on any atom is 0.153 e. The largest absolute Gasteiger partial charge is 0.453 e. The Morgan fingerprint density at radius 2 is 1.16 bits per heavy atom. The summed E-state index contributed by atoms with van der Waals surface area (Å²) in [4.78, 5) is 4.71. The molecule has 2 heterocycles. The first kappa shape index (κ1) is 28.6. The highest BCUT2D eigenvalue weighted by Crippen LogP contribution is 2.53. The highest BCUT2D eigenvalue weighted by atomic mass is 32.1. The van der Waals surface area contributed by atoms with Crippen LogP contribution in [0.3, 0.4) is 0 Å². The normalized spacial score (nSPS) is 12.1. The fourth-order valence-corrected chi connectivity index (χ4v) is 8.50. The Balaban J connectivity index is 1.18. The minimum Gasteiger partial charge on any atom is -0.453 e. The number of benzene rings is 8. The van der Waals surface area contributed by atoms with Gasteiger partial charge in [-0.15, -0.1) is 11.3 Å². The fraction of sp³-hybridized carbons (Fsp3) is 0. The molecule has 8 aromatic carbocycles. The summed E-state index contributed by atoms with van der Waals surface area (Å²) in [5, 5.41) is 4.96. The summed E-state index contributed by atoms with van der Waals surface area (Å²) >= 11 is 1.84. The second-order valence-electron chi connectivity index (χ2n) is 12.6. The third-order valence-corrected chi connectivity index (χ3v) is 10.8. The molecule has 0 aliphatic carbocycles. The van der Waals surface area contributed by atoms with E-state index in [0.717, 1.165) is 51.2 Å². The molecule has 1 aromatic heterocycles. The second-order valence-corrected chi connectivity index (χ2v) is 13.6. The molecule has 0 unspecified atom stereocenters. The lowest BCUT2D eigenvalue weighted by atomic mass is 10.0. The summed E-state index contributed by atoms with van der Waals surface area (Å²) in [5.41, 5.74) is 8.67. The first-order chi connectivity index (χ1) is 24.8. The van der Waals surface area contributed by atoms with Gasteiger partial charge in [0.15, 0.2) is 11.5 Å². The molecule has 0 saturated heterocycles. The molecule has 50 heavy (non-hydrogen) atoms. The van der Waals surface area contributed by atoms with Gasteiger partial charge in [0.1, 0.15) is 0 Å². The van der Waals surface area contributed by atoms with Gasteiger partial charge in [0.25, 0.3) is 0 Å². The number of rotatable bonds is 5. The van der Waals surface area contributed by atoms with Crippen LogP contribution >= 0.6 is 11.3 Å². The van der Waals surface area contributed by atoms with Crippen LogP contribution in [0.2, 0.25) is 0 Å². The van der Waals surface area contributed by atoms with Crippen LogP contribution in [0.1, 0.15) is 0 Å². The van der Waals surface area contributed by atoms with Crippen LogP contribution in [0.5, 0.6) is 11.5 Å². The Morgan fingerprint density at radius 3 is 2.10 bits per heavy atom. The lowest BCUT2D eigenvalue weighted by Gasteiger charge is -2.34. The van der Waals surface area contributed by atoms with Gasteiger partial charge in [0.2, 0.25) is 0 Å². The van der Waals surface area contributed by atoms with Crippen molar-refractivity contribution in [1.82, 2.24) is 0 Å². The highest BCUT2D eigenvalue weighted by molar-refractivity contribution is 7.25. The molecule has 1 aliphatic rings. The summed E-state index contributed by atoms with van der Waals surface area (Å²) in [5.74, 6) is 1.63. The third kappa shape index (κ3) is 4.65. The van der Waals surface area contributed by atoms with Crippen LogP contribution in [-0.4, -0.2) is 0 Å². The van der Waals surface area contributed by atoms with Crippen LogP contribution in [0.25, 0.3) is 42.1 Å². The quantitative estimate of drug-likeness (QED) is 0.183. The van der Waals surface area contributed by atoms with E-state index in [0.29, 0.717) is 0 Å². The molecular formula is C46H30N2OS. The van der Waals surface area contributed by atoms with Gasteiger partial charge < -0.3 is 14.5 Å². The van der Waals surface area contributed by atoms with Crippen molar-refractivity contribution < 1.29 is 4.74 Å². The van der Waals surface area contributed by atoms with Crippen molar-refractivity contribution in [1.29, 1.82) is 0 Å². The Hall–Kier alpha value is -6.36. The van der Waals surface area contributed by atoms with Crippen LogP contribution < -0.4 is 14.5 Å². The molecule has 0 amide bonds. The van der Waals surface area contributed by atoms with Gasteiger partial charge in [0.05, 0.1) is 28.4 Å². The molecule has 1 aliphatic heterocycles. The average Bonchev–Trinajstić information content (AvgIpc) is 3.55. The number of fused-ring (bicyclic) bond motifs is 6. The van der Waals surface area contributed by atoms with Crippen LogP contribution in [0.4, 0.5) is 34.1 Å². The van der Waals surface area contributed by atoms with Crippen molar-refractivity contribution >= 4 is 76.4 Å². The van der Waals surface area contributed by atoms with Gasteiger partial charge in [-0.2, -0.15) is 0 Å². The number of para-hydroxylation sites is 3. The van der Waals surface area contributed by atoms with Gasteiger partial charge >= 0.3 is 0 Å². The number of hydrogen-bond donors (Lipinski definition) is 0. The van der Waals surface area contributed by atoms with E-state index >= 15 is 0 Å². The summed E-state index contributed by atoms with van der Waals surface area (Å²) in [6.45, 7) is 0. The lowest BCUT2D eigenvalue weighted by Crippen LogP contribution is -2.17. The maximum absolute atomic E-state index is 6.76. The number of anilines is 6. The van der Waals surface area contributed by atoms with Crippen LogP contribution in [-0.2, 0) is 0 Å². The van der Waals surface area contributed by atoms with Crippen molar-refractivity contribution in [3.05, 3.63) is 182 Å². The van der Waals surface area contributed by atoms with Crippen molar-refractivity contribution in [2.75, 3.05) is 9.80 Å². The maximum atomic E-state index is 6.76. The van der Waals surface area contributed by atoms with E-state index in [4.69, 9.17) is 4.74 Å². The van der Waals surface area contributed by atoms with Crippen molar-refractivity contribution in [2.45, 2.75) is 0 Å². The minimum atomic E-state index is 0.806. The van der Waals surface area contributed by atoms with E-state index < -0.39 is 0 Å². The van der Waals surface area contributed by atoms with Gasteiger partial charge in [-0.05, 0) is 65.5 Å². The first-order valence-electron chi connectivity index (χ1n) is 16.8. The standard InChI is InChI=1S/C46H30N2OS/c1-2-13-31(14-3-1)35-18-6-8-20-39(35)47(40-22-12-16-32-15-4-5-17-36(32)40)33-26-28-42-44(29-33)49-43-23-10-9-21-41(43)48(42)34-25-27-38-37-19-7-11-24-45(37)50-46(38)30-34/h1-30H. The lowest BCUT2D eigenvalue weighted by molar-refractivity contribution is 0.477. The molecule has 0 atom stereocenters. The van der Waals surface area contributed by atoms with E-state index in [1.54, 1.807) is 0 Å². The molecule has 4 heteroatoms. The zero-order valence-electron chi connectivity index (χ0n) is 27.0. The molecule has 0 radical (unpaired) electrons. The Morgan fingerprint density at radius 1 is 0.460 bits per heavy atom. The number of thiophene rings is 1. The number of ether oxygens (including phenoxy) is 1. The van der Waals surface area contributed by atoms with Gasteiger partial charge in [-0.1, -0.05) is 121 Å². The van der Waals surface area contributed by atoms with Crippen molar-refractivity contribution in [3.8, 4) is 22.6 Å². The predicted molar refractivity (Wildman–Crippen MR) is 212 cm³/mol. The minimum absolute atomic E-state index is 0.806. The smallest absolute Gasteiger partial charge is 0.153 e. The molecule has 0 fully saturated rings. The Labute approximate surface area is 294 Å². The molecule has 0 bridgehead atoms. The monoisotopic (exact) mass is 658 g/mol. The van der Waals surface area contributed by atoms with E-state index in [-0.39, 0.29) is 0 Å². The van der Waals surface area contributed by atoms with Gasteiger partial charge in [-0.25, -0.2) is 0 Å². The number of nitrogens with zero attached hydrogens (tertiary/aromatic N) is 2. The first-order valence-corrected chi connectivity index (χ1v) is 17.7. The van der Waals surface area contributed by atoms with E-state index in [9.17, 15) is 0 Å². The molecule has 0 N–H and O–H groups in total. The zero-order chi connectivity index (χ0) is 33.0. The number of hydrogen-bond acceptors (Lipinski definition) is 4. The predicted octanol–water partition coefficient (Wildman–Crippen LogP) is 13.9. The molecule has 0 saturated carbocycles. The highest BCUT2D eigenvalue weighted by Gasteiger charge is 2.28. The van der Waals surface area contributed by atoms with E-state index in [1.165, 1.54) is 36.5 Å². The van der Waals surface area contributed by atoms with Crippen LogP contribution in [0.15, 0.2) is 182 Å². The molecule has 10 rings (SSSR count). The summed E-state index contributed by atoms with van der Waals surface area (Å²) in [6.07, 6.45) is 0. The topological polar surface area (TPSA) is 15.7 Å². The molecule has 236 valence electrons. The summed E-state index contributed by atoms with van der Waals surface area (Å²) in [6, 6.07) is 64.8. The second kappa shape index (κ2) is 11.7. The van der Waals surface area contributed by atoms with E-state index in [2.05, 4.69) is 186 Å². The summed E-state index contributed by atoms with van der Waals surface area (Å²) in [7, 11) is 0. The molecule has 9 aromatic rings. The molecular weight excluding hydrogens is 629 g/mol. The molecule has 0 spiro atoms.